The van der Waals surface area contributed by atoms with Crippen molar-refractivity contribution >= 4 is 0 Å². The van der Waals surface area contributed by atoms with Crippen molar-refractivity contribution in [2.75, 3.05) is 13.1 Å². The summed E-state index contributed by atoms with van der Waals surface area (Å²) in [6.07, 6.45) is 3.70. The van der Waals surface area contributed by atoms with Crippen molar-refractivity contribution in [1.29, 1.82) is 0 Å². The largest absolute Gasteiger partial charge is 0.385 e. The van der Waals surface area contributed by atoms with Gasteiger partial charge >= 0.3 is 0 Å². The number of aliphatic hydroxyl groups excluding tert-OH is 1. The Labute approximate surface area is 114 Å². The maximum Gasteiger partial charge on any atom is 0.161 e. The number of fused-ring (bicyclic) bond motifs is 1. The predicted octanol–water partition coefficient (Wildman–Crippen LogP) is 1.38. The van der Waals surface area contributed by atoms with E-state index in [9.17, 15) is 5.11 Å². The van der Waals surface area contributed by atoms with Crippen LogP contribution in [0.25, 0.3) is 0 Å². The highest BCUT2D eigenvalue weighted by Crippen LogP contribution is 2.27. The molecule has 1 N–H and O–H groups in total. The zero-order chi connectivity index (χ0) is 13.4. The summed E-state index contributed by atoms with van der Waals surface area (Å²) in [7, 11) is 0. The molecular formula is C14H24N4O. The van der Waals surface area contributed by atoms with Gasteiger partial charge in [0.1, 0.15) is 11.9 Å². The minimum atomic E-state index is -0.411. The molecule has 0 radical (unpaired) electrons. The molecule has 0 spiro atoms. The molecule has 3 rings (SSSR count). The van der Waals surface area contributed by atoms with Gasteiger partial charge in [-0.3, -0.25) is 0 Å². The summed E-state index contributed by atoms with van der Waals surface area (Å²) < 4.78 is 2.15. The molecule has 0 saturated carbocycles. The molecule has 0 bridgehead atoms. The Morgan fingerprint density at radius 2 is 2.11 bits per heavy atom. The summed E-state index contributed by atoms with van der Waals surface area (Å²) in [6, 6.07) is 0.638. The lowest BCUT2D eigenvalue weighted by Crippen LogP contribution is -2.28. The van der Waals surface area contributed by atoms with E-state index in [-0.39, 0.29) is 0 Å². The van der Waals surface area contributed by atoms with Gasteiger partial charge in [-0.15, -0.1) is 10.2 Å². The van der Waals surface area contributed by atoms with Crippen molar-refractivity contribution in [2.45, 2.75) is 58.2 Å². The van der Waals surface area contributed by atoms with Crippen LogP contribution in [-0.2, 0) is 13.0 Å². The smallest absolute Gasteiger partial charge is 0.161 e. The lowest BCUT2D eigenvalue weighted by atomic mass is 10.0. The van der Waals surface area contributed by atoms with Gasteiger partial charge in [-0.25, -0.2) is 0 Å². The van der Waals surface area contributed by atoms with E-state index >= 15 is 0 Å². The fourth-order valence-corrected chi connectivity index (χ4v) is 3.32. The molecule has 1 aromatic rings. The second-order valence-corrected chi connectivity index (χ2v) is 6.23. The minimum absolute atomic E-state index is 0.411. The molecule has 1 fully saturated rings. The molecule has 2 aliphatic rings. The highest BCUT2D eigenvalue weighted by atomic mass is 16.3. The summed E-state index contributed by atoms with van der Waals surface area (Å²) in [6.45, 7) is 7.86. The Hall–Kier alpha value is -0.940. The SMILES string of the molecule is CC(C)N1CCC(Cc2nnc3n2CCCC3O)C1. The second-order valence-electron chi connectivity index (χ2n) is 6.23. The van der Waals surface area contributed by atoms with Crippen LogP contribution in [0.3, 0.4) is 0 Å². The molecule has 0 amide bonds. The van der Waals surface area contributed by atoms with Crippen molar-refractivity contribution < 1.29 is 5.11 Å². The van der Waals surface area contributed by atoms with Crippen LogP contribution in [0.5, 0.6) is 0 Å². The molecule has 19 heavy (non-hydrogen) atoms. The third-order valence-corrected chi connectivity index (χ3v) is 4.53. The van der Waals surface area contributed by atoms with Gasteiger partial charge in [0.15, 0.2) is 5.82 Å². The van der Waals surface area contributed by atoms with E-state index in [1.807, 2.05) is 0 Å². The van der Waals surface area contributed by atoms with Crippen LogP contribution >= 0.6 is 0 Å². The van der Waals surface area contributed by atoms with E-state index in [4.69, 9.17) is 0 Å². The van der Waals surface area contributed by atoms with Crippen LogP contribution < -0.4 is 0 Å². The highest BCUT2D eigenvalue weighted by molar-refractivity contribution is 5.03. The van der Waals surface area contributed by atoms with Crippen LogP contribution in [-0.4, -0.2) is 43.9 Å². The summed E-state index contributed by atoms with van der Waals surface area (Å²) in [5.74, 6) is 2.54. The topological polar surface area (TPSA) is 54.2 Å². The molecule has 106 valence electrons. The van der Waals surface area contributed by atoms with Crippen LogP contribution in [0.2, 0.25) is 0 Å². The number of hydrogen-bond donors (Lipinski definition) is 1. The maximum atomic E-state index is 9.92. The molecule has 5 heteroatoms. The summed E-state index contributed by atoms with van der Waals surface area (Å²) in [4.78, 5) is 2.53. The van der Waals surface area contributed by atoms with E-state index in [0.717, 1.165) is 37.5 Å². The molecule has 1 aromatic heterocycles. The van der Waals surface area contributed by atoms with Crippen LogP contribution in [0.4, 0.5) is 0 Å². The van der Waals surface area contributed by atoms with Crippen LogP contribution in [0.1, 0.15) is 50.9 Å². The zero-order valence-corrected chi connectivity index (χ0v) is 11.9. The van der Waals surface area contributed by atoms with Gasteiger partial charge in [-0.1, -0.05) is 0 Å². The number of hydrogen-bond acceptors (Lipinski definition) is 4. The van der Waals surface area contributed by atoms with Gasteiger partial charge in [0, 0.05) is 25.6 Å². The quantitative estimate of drug-likeness (QED) is 0.896. The third kappa shape index (κ3) is 2.54. The fraction of sp³-hybridized carbons (Fsp3) is 0.857. The fourth-order valence-electron chi connectivity index (χ4n) is 3.32. The van der Waals surface area contributed by atoms with Crippen LogP contribution in [0.15, 0.2) is 0 Å². The van der Waals surface area contributed by atoms with Crippen molar-refractivity contribution in [3.8, 4) is 0 Å². The third-order valence-electron chi connectivity index (χ3n) is 4.53. The molecule has 0 aliphatic carbocycles. The molecule has 5 nitrogen and oxygen atoms in total. The van der Waals surface area contributed by atoms with E-state index in [0.29, 0.717) is 12.0 Å². The minimum Gasteiger partial charge on any atom is -0.385 e. The number of aromatic nitrogens is 3. The predicted molar refractivity (Wildman–Crippen MR) is 72.7 cm³/mol. The van der Waals surface area contributed by atoms with Crippen molar-refractivity contribution in [3.05, 3.63) is 11.6 Å². The molecule has 2 atom stereocenters. The van der Waals surface area contributed by atoms with Gasteiger partial charge in [0.2, 0.25) is 0 Å². The number of rotatable bonds is 3. The van der Waals surface area contributed by atoms with Gasteiger partial charge in [-0.2, -0.15) is 0 Å². The lowest BCUT2D eigenvalue weighted by molar-refractivity contribution is 0.132. The zero-order valence-electron chi connectivity index (χ0n) is 11.9. The lowest BCUT2D eigenvalue weighted by Gasteiger charge is -2.21. The van der Waals surface area contributed by atoms with Gasteiger partial charge in [0.05, 0.1) is 0 Å². The monoisotopic (exact) mass is 264 g/mol. The first kappa shape index (κ1) is 13.1. The molecule has 0 aromatic carbocycles. The Kier molecular flexibility index (Phi) is 3.58. The Morgan fingerprint density at radius 3 is 2.84 bits per heavy atom. The summed E-state index contributed by atoms with van der Waals surface area (Å²) >= 11 is 0. The van der Waals surface area contributed by atoms with Gasteiger partial charge in [0.25, 0.3) is 0 Å². The second kappa shape index (κ2) is 5.21. The number of nitrogens with zero attached hydrogens (tertiary/aromatic N) is 4. The molecular weight excluding hydrogens is 240 g/mol. The van der Waals surface area contributed by atoms with E-state index in [1.165, 1.54) is 19.5 Å². The molecule has 3 heterocycles. The van der Waals surface area contributed by atoms with Gasteiger partial charge in [-0.05, 0) is 45.6 Å². The first-order valence-corrected chi connectivity index (χ1v) is 7.49. The molecule has 2 unspecified atom stereocenters. The van der Waals surface area contributed by atoms with Crippen molar-refractivity contribution in [2.24, 2.45) is 5.92 Å². The van der Waals surface area contributed by atoms with E-state index in [2.05, 4.69) is 33.5 Å². The summed E-state index contributed by atoms with van der Waals surface area (Å²) in [5, 5.41) is 18.4. The van der Waals surface area contributed by atoms with Crippen molar-refractivity contribution in [3.63, 3.8) is 0 Å². The Morgan fingerprint density at radius 1 is 1.26 bits per heavy atom. The van der Waals surface area contributed by atoms with E-state index in [1.54, 1.807) is 0 Å². The van der Waals surface area contributed by atoms with Crippen molar-refractivity contribution in [1.82, 2.24) is 19.7 Å². The highest BCUT2D eigenvalue weighted by Gasteiger charge is 2.28. The Bertz CT molecular complexity index is 443. The normalized spacial score (nSPS) is 28.0. The average Bonchev–Trinajstić information content (AvgIpc) is 2.98. The molecule has 1 saturated heterocycles. The first-order chi connectivity index (χ1) is 9.15. The molecule has 2 aliphatic heterocycles. The summed E-state index contributed by atoms with van der Waals surface area (Å²) in [5.41, 5.74) is 0. The van der Waals surface area contributed by atoms with Gasteiger partial charge < -0.3 is 14.6 Å². The first-order valence-electron chi connectivity index (χ1n) is 7.49. The van der Waals surface area contributed by atoms with Crippen LogP contribution in [0, 0.1) is 5.92 Å². The van der Waals surface area contributed by atoms with E-state index < -0.39 is 6.10 Å². The Balaban J connectivity index is 1.68. The standard InChI is InChI=1S/C14H24N4O/c1-10(2)17-7-5-11(9-17)8-13-15-16-14-12(19)4-3-6-18(13)14/h10-12,19H,3-9H2,1-2H3. The number of likely N-dealkylation sites (tertiary alicyclic amines) is 1. The number of aliphatic hydroxyl groups is 1. The average molecular weight is 264 g/mol. The maximum absolute atomic E-state index is 9.92.